The first-order valence-electron chi connectivity index (χ1n) is 6.71. The molecule has 122 valence electrons. The van der Waals surface area contributed by atoms with Crippen molar-refractivity contribution in [2.24, 2.45) is 0 Å². The first-order chi connectivity index (χ1) is 11.4. The highest BCUT2D eigenvalue weighted by Gasteiger charge is 2.33. The highest BCUT2D eigenvalue weighted by Crippen LogP contribution is 2.27. The lowest BCUT2D eigenvalue weighted by molar-refractivity contribution is -0.141. The Morgan fingerprint density at radius 2 is 2.04 bits per heavy atom. The van der Waals surface area contributed by atoms with Crippen LogP contribution < -0.4 is 0 Å². The van der Waals surface area contributed by atoms with Gasteiger partial charge in [0.15, 0.2) is 0 Å². The molecule has 3 aromatic rings. The molecular formula is C15H11F3N6. The summed E-state index contributed by atoms with van der Waals surface area (Å²) in [5.74, 6) is -0.168. The molecule has 0 saturated heterocycles. The number of alkyl halides is 3. The maximum absolute atomic E-state index is 12.7. The van der Waals surface area contributed by atoms with Gasteiger partial charge in [-0.3, -0.25) is 0 Å². The third-order valence-electron chi connectivity index (χ3n) is 3.14. The average Bonchev–Trinajstić information content (AvgIpc) is 3.22. The van der Waals surface area contributed by atoms with Crippen LogP contribution in [-0.2, 0) is 6.18 Å². The van der Waals surface area contributed by atoms with Gasteiger partial charge in [-0.1, -0.05) is 13.2 Å². The molecule has 0 aliphatic heterocycles. The topological polar surface area (TPSA) is 61.4 Å². The third-order valence-corrected chi connectivity index (χ3v) is 3.14. The third kappa shape index (κ3) is 2.96. The summed E-state index contributed by atoms with van der Waals surface area (Å²) in [5, 5.41) is 8.30. The van der Waals surface area contributed by atoms with Crippen molar-refractivity contribution in [1.82, 2.24) is 29.5 Å². The lowest BCUT2D eigenvalue weighted by Crippen LogP contribution is -2.11. The minimum absolute atomic E-state index is 0.168. The van der Waals surface area contributed by atoms with Gasteiger partial charge in [0.1, 0.15) is 5.69 Å². The first-order valence-corrected chi connectivity index (χ1v) is 6.71. The molecule has 3 heterocycles. The summed E-state index contributed by atoms with van der Waals surface area (Å²) in [7, 11) is 0. The highest BCUT2D eigenvalue weighted by atomic mass is 19.4. The number of allylic oxidation sites excluding steroid dienone is 2. The Bertz CT molecular complexity index is 906. The Morgan fingerprint density at radius 3 is 2.75 bits per heavy atom. The molecule has 0 radical (unpaired) electrons. The van der Waals surface area contributed by atoms with Gasteiger partial charge in [0.05, 0.1) is 17.6 Å². The van der Waals surface area contributed by atoms with E-state index in [0.29, 0.717) is 17.0 Å². The average molecular weight is 332 g/mol. The van der Waals surface area contributed by atoms with Crippen LogP contribution in [0.3, 0.4) is 0 Å². The van der Waals surface area contributed by atoms with Crippen molar-refractivity contribution in [3.05, 3.63) is 61.8 Å². The van der Waals surface area contributed by atoms with E-state index in [1.807, 2.05) is 0 Å². The molecule has 0 saturated carbocycles. The Hall–Kier alpha value is -3.23. The zero-order chi connectivity index (χ0) is 17.3. The van der Waals surface area contributed by atoms with Crippen molar-refractivity contribution in [3.63, 3.8) is 0 Å². The maximum atomic E-state index is 12.7. The van der Waals surface area contributed by atoms with Crippen LogP contribution in [0.4, 0.5) is 13.2 Å². The number of nitrogens with zero attached hydrogens (tertiary/aromatic N) is 6. The lowest BCUT2D eigenvalue weighted by Gasteiger charge is -2.06. The van der Waals surface area contributed by atoms with Gasteiger partial charge in [-0.15, -0.1) is 0 Å². The molecular weight excluding hydrogens is 321 g/mol. The second-order valence-electron chi connectivity index (χ2n) is 4.75. The molecule has 0 spiro atoms. The summed E-state index contributed by atoms with van der Waals surface area (Å²) in [6.45, 7) is 7.37. The van der Waals surface area contributed by atoms with Crippen LogP contribution in [0.1, 0.15) is 5.69 Å². The zero-order valence-electron chi connectivity index (χ0n) is 12.3. The molecule has 0 unspecified atom stereocenters. The van der Waals surface area contributed by atoms with Gasteiger partial charge < -0.3 is 0 Å². The molecule has 0 aliphatic carbocycles. The van der Waals surface area contributed by atoms with E-state index in [0.717, 1.165) is 12.3 Å². The van der Waals surface area contributed by atoms with Crippen molar-refractivity contribution in [3.8, 4) is 17.2 Å². The Morgan fingerprint density at radius 1 is 1.25 bits per heavy atom. The molecule has 6 nitrogen and oxygen atoms in total. The van der Waals surface area contributed by atoms with Crippen LogP contribution in [0, 0.1) is 0 Å². The fourth-order valence-electron chi connectivity index (χ4n) is 1.91. The van der Waals surface area contributed by atoms with E-state index in [-0.39, 0.29) is 5.95 Å². The zero-order valence-corrected chi connectivity index (χ0v) is 12.3. The SMILES string of the molecule is C=CC(=C)n1cc(-c2ccn(-c3nccc(C(F)(F)F)n3)n2)cn1. The quantitative estimate of drug-likeness (QED) is 0.688. The summed E-state index contributed by atoms with van der Waals surface area (Å²) in [6, 6.07) is 2.43. The van der Waals surface area contributed by atoms with E-state index in [4.69, 9.17) is 0 Å². The van der Waals surface area contributed by atoms with Crippen LogP contribution in [0.15, 0.2) is 56.2 Å². The second kappa shape index (κ2) is 5.76. The minimum atomic E-state index is -4.54. The smallest absolute Gasteiger partial charge is 0.241 e. The standard InChI is InChI=1S/C15H11F3N6/c1-3-10(2)24-9-11(8-20-24)12-5-7-23(22-12)14-19-6-4-13(21-14)15(16,17)18/h3-9H,1-2H2. The van der Waals surface area contributed by atoms with E-state index in [1.54, 1.807) is 24.5 Å². The van der Waals surface area contributed by atoms with Crippen LogP contribution in [0.2, 0.25) is 0 Å². The molecule has 0 aromatic carbocycles. The van der Waals surface area contributed by atoms with Crippen LogP contribution in [0.25, 0.3) is 22.9 Å². The molecule has 3 aromatic heterocycles. The monoisotopic (exact) mass is 332 g/mol. The van der Waals surface area contributed by atoms with Gasteiger partial charge in [0.25, 0.3) is 5.95 Å². The van der Waals surface area contributed by atoms with Crippen LogP contribution in [0.5, 0.6) is 0 Å². The van der Waals surface area contributed by atoms with Gasteiger partial charge in [0.2, 0.25) is 0 Å². The molecule has 24 heavy (non-hydrogen) atoms. The van der Waals surface area contributed by atoms with Crippen molar-refractivity contribution in [2.45, 2.75) is 6.18 Å². The Labute approximate surface area is 134 Å². The highest BCUT2D eigenvalue weighted by molar-refractivity contribution is 5.60. The molecule has 0 aliphatic rings. The fourth-order valence-corrected chi connectivity index (χ4v) is 1.91. The van der Waals surface area contributed by atoms with Crippen molar-refractivity contribution in [1.29, 1.82) is 0 Å². The van der Waals surface area contributed by atoms with Crippen LogP contribution >= 0.6 is 0 Å². The van der Waals surface area contributed by atoms with E-state index in [1.165, 1.54) is 15.6 Å². The van der Waals surface area contributed by atoms with Gasteiger partial charge in [-0.2, -0.15) is 23.4 Å². The summed E-state index contributed by atoms with van der Waals surface area (Å²) < 4.78 is 40.8. The van der Waals surface area contributed by atoms with Gasteiger partial charge >= 0.3 is 6.18 Å². The molecule has 9 heteroatoms. The Kier molecular flexibility index (Phi) is 3.76. The molecule has 0 atom stereocenters. The molecule has 0 fully saturated rings. The van der Waals surface area contributed by atoms with E-state index in [2.05, 4.69) is 33.3 Å². The van der Waals surface area contributed by atoms with Crippen molar-refractivity contribution < 1.29 is 13.2 Å². The van der Waals surface area contributed by atoms with E-state index < -0.39 is 11.9 Å². The summed E-state index contributed by atoms with van der Waals surface area (Å²) in [4.78, 5) is 7.30. The number of hydrogen-bond acceptors (Lipinski definition) is 4. The van der Waals surface area contributed by atoms with Crippen LogP contribution in [-0.4, -0.2) is 29.5 Å². The van der Waals surface area contributed by atoms with E-state index in [9.17, 15) is 13.2 Å². The minimum Gasteiger partial charge on any atom is -0.241 e. The summed E-state index contributed by atoms with van der Waals surface area (Å²) in [5.41, 5.74) is 0.740. The number of aromatic nitrogens is 6. The van der Waals surface area contributed by atoms with Gasteiger partial charge in [0, 0.05) is 24.2 Å². The number of rotatable bonds is 4. The molecule has 3 rings (SSSR count). The fraction of sp³-hybridized carbons (Fsp3) is 0.0667. The van der Waals surface area contributed by atoms with E-state index >= 15 is 0 Å². The lowest BCUT2D eigenvalue weighted by atomic mass is 10.3. The van der Waals surface area contributed by atoms with Gasteiger partial charge in [-0.25, -0.2) is 19.3 Å². The Balaban J connectivity index is 1.92. The molecule has 0 N–H and O–H groups in total. The second-order valence-corrected chi connectivity index (χ2v) is 4.75. The predicted octanol–water partition coefficient (Wildman–Crippen LogP) is 3.20. The van der Waals surface area contributed by atoms with Crippen molar-refractivity contribution in [2.75, 3.05) is 0 Å². The molecule has 0 amide bonds. The predicted molar refractivity (Wildman–Crippen MR) is 80.9 cm³/mol. The largest absolute Gasteiger partial charge is 0.433 e. The van der Waals surface area contributed by atoms with Gasteiger partial charge in [-0.05, 0) is 18.2 Å². The first kappa shape index (κ1) is 15.7. The summed E-state index contributed by atoms with van der Waals surface area (Å²) >= 11 is 0. The van der Waals surface area contributed by atoms with Crippen molar-refractivity contribution >= 4 is 5.70 Å². The number of hydrogen-bond donors (Lipinski definition) is 0. The normalized spacial score (nSPS) is 11.5. The maximum Gasteiger partial charge on any atom is 0.433 e. The molecule has 0 bridgehead atoms. The summed E-state index contributed by atoms with van der Waals surface area (Å²) in [6.07, 6.45) is 2.77. The number of halogens is 3.